The van der Waals surface area contributed by atoms with Crippen LogP contribution in [-0.2, 0) is 4.79 Å². The van der Waals surface area contributed by atoms with E-state index in [-0.39, 0.29) is 12.4 Å². The quantitative estimate of drug-likeness (QED) is 0.925. The van der Waals surface area contributed by atoms with E-state index < -0.39 is 0 Å². The van der Waals surface area contributed by atoms with Crippen LogP contribution in [0.5, 0.6) is 0 Å². The zero-order chi connectivity index (χ0) is 13.8. The average molecular weight is 309 g/mol. The molecule has 1 aromatic carbocycles. The number of nitrogens with zero attached hydrogens (tertiary/aromatic N) is 1. The first-order valence-corrected chi connectivity index (χ1v) is 7.92. The van der Waals surface area contributed by atoms with Gasteiger partial charge in [-0.2, -0.15) is 0 Å². The van der Waals surface area contributed by atoms with Crippen molar-refractivity contribution >= 4 is 18.3 Å². The molecular weight excluding hydrogens is 284 g/mol. The van der Waals surface area contributed by atoms with E-state index in [2.05, 4.69) is 34.5 Å². The fourth-order valence-electron chi connectivity index (χ4n) is 3.53. The van der Waals surface area contributed by atoms with Crippen LogP contribution in [-0.4, -0.2) is 29.9 Å². The maximum Gasteiger partial charge on any atom is 0.223 e. The van der Waals surface area contributed by atoms with Gasteiger partial charge in [-0.05, 0) is 44.2 Å². The van der Waals surface area contributed by atoms with Crippen molar-refractivity contribution in [2.45, 2.75) is 50.6 Å². The highest BCUT2D eigenvalue weighted by Gasteiger charge is 2.29. The van der Waals surface area contributed by atoms with Crippen LogP contribution < -0.4 is 5.32 Å². The Morgan fingerprint density at radius 3 is 2.71 bits per heavy atom. The Labute approximate surface area is 133 Å². The minimum atomic E-state index is 0. The van der Waals surface area contributed by atoms with Gasteiger partial charge in [0.1, 0.15) is 0 Å². The van der Waals surface area contributed by atoms with Crippen LogP contribution in [0.15, 0.2) is 30.3 Å². The van der Waals surface area contributed by atoms with Gasteiger partial charge in [0.25, 0.3) is 0 Å². The van der Waals surface area contributed by atoms with Gasteiger partial charge >= 0.3 is 0 Å². The summed E-state index contributed by atoms with van der Waals surface area (Å²) in [5.74, 6) is 0.338. The topological polar surface area (TPSA) is 32.3 Å². The first kappa shape index (κ1) is 16.3. The van der Waals surface area contributed by atoms with Gasteiger partial charge < -0.3 is 10.2 Å². The summed E-state index contributed by atoms with van der Waals surface area (Å²) in [6, 6.07) is 11.3. The van der Waals surface area contributed by atoms with Gasteiger partial charge in [-0.15, -0.1) is 12.4 Å². The van der Waals surface area contributed by atoms with E-state index in [9.17, 15) is 4.79 Å². The van der Waals surface area contributed by atoms with Crippen LogP contribution in [0.2, 0.25) is 0 Å². The van der Waals surface area contributed by atoms with Gasteiger partial charge in [0.2, 0.25) is 5.91 Å². The molecule has 1 N–H and O–H groups in total. The maximum atomic E-state index is 12.5. The molecular formula is C17H25ClN2O. The highest BCUT2D eigenvalue weighted by atomic mass is 35.5. The molecule has 3 nitrogen and oxygen atoms in total. The number of nitrogens with one attached hydrogen (secondary N) is 1. The molecule has 0 spiro atoms. The minimum Gasteiger partial charge on any atom is -0.336 e. The van der Waals surface area contributed by atoms with E-state index in [4.69, 9.17) is 0 Å². The second kappa shape index (κ2) is 7.81. The number of likely N-dealkylation sites (tertiary alicyclic amines) is 1. The lowest BCUT2D eigenvalue weighted by Gasteiger charge is -2.25. The Morgan fingerprint density at radius 2 is 2.00 bits per heavy atom. The number of hydrogen-bond acceptors (Lipinski definition) is 2. The molecule has 116 valence electrons. The molecule has 21 heavy (non-hydrogen) atoms. The highest BCUT2D eigenvalue weighted by Crippen LogP contribution is 2.32. The largest absolute Gasteiger partial charge is 0.336 e. The number of amides is 1. The molecule has 0 aliphatic carbocycles. The molecule has 1 aromatic rings. The van der Waals surface area contributed by atoms with Crippen LogP contribution in [0, 0.1) is 0 Å². The molecule has 1 amide bonds. The van der Waals surface area contributed by atoms with Crippen molar-refractivity contribution in [3.05, 3.63) is 35.9 Å². The summed E-state index contributed by atoms with van der Waals surface area (Å²) in [4.78, 5) is 14.6. The first-order chi connectivity index (χ1) is 9.84. The molecule has 2 aliphatic heterocycles. The normalized spacial score (nSPS) is 24.9. The van der Waals surface area contributed by atoms with E-state index in [0.29, 0.717) is 24.4 Å². The van der Waals surface area contributed by atoms with Crippen LogP contribution in [0.25, 0.3) is 0 Å². The van der Waals surface area contributed by atoms with Gasteiger partial charge in [0.05, 0.1) is 6.04 Å². The third-order valence-electron chi connectivity index (χ3n) is 4.63. The van der Waals surface area contributed by atoms with Gasteiger partial charge in [0.15, 0.2) is 0 Å². The van der Waals surface area contributed by atoms with Crippen LogP contribution in [0.3, 0.4) is 0 Å². The number of halogens is 1. The van der Waals surface area contributed by atoms with Crippen molar-refractivity contribution in [3.8, 4) is 0 Å². The van der Waals surface area contributed by atoms with Gasteiger partial charge in [-0.25, -0.2) is 0 Å². The first-order valence-electron chi connectivity index (χ1n) is 7.92. The predicted molar refractivity (Wildman–Crippen MR) is 87.6 cm³/mol. The van der Waals surface area contributed by atoms with E-state index in [1.54, 1.807) is 0 Å². The van der Waals surface area contributed by atoms with E-state index in [1.165, 1.54) is 18.4 Å². The molecule has 0 saturated carbocycles. The lowest BCUT2D eigenvalue weighted by Crippen LogP contribution is -2.32. The summed E-state index contributed by atoms with van der Waals surface area (Å²) >= 11 is 0. The molecule has 0 aromatic heterocycles. The zero-order valence-electron chi connectivity index (χ0n) is 12.5. The van der Waals surface area contributed by atoms with Crippen molar-refractivity contribution in [2.75, 3.05) is 13.1 Å². The fraction of sp³-hybridized carbons (Fsp3) is 0.588. The molecule has 2 atom stereocenters. The number of carbonyl (C=O) groups is 1. The summed E-state index contributed by atoms with van der Waals surface area (Å²) in [6.45, 7) is 2.05. The predicted octanol–water partition coefficient (Wildman–Crippen LogP) is 3.30. The van der Waals surface area contributed by atoms with Crippen molar-refractivity contribution < 1.29 is 4.79 Å². The summed E-state index contributed by atoms with van der Waals surface area (Å²) in [6.07, 6.45) is 6.42. The highest BCUT2D eigenvalue weighted by molar-refractivity contribution is 5.85. The standard InChI is InChI=1S/C17H24N2O.ClH/c20-17(11-10-15-8-4-12-18-15)19-13-5-9-16(19)14-6-2-1-3-7-14;/h1-3,6-7,15-16,18H,4-5,8-13H2;1H. The second-order valence-corrected chi connectivity index (χ2v) is 5.99. The summed E-state index contributed by atoms with van der Waals surface area (Å²) in [5, 5.41) is 3.47. The Bertz CT molecular complexity index is 445. The molecule has 2 unspecified atom stereocenters. The monoisotopic (exact) mass is 308 g/mol. The molecule has 4 heteroatoms. The van der Waals surface area contributed by atoms with Gasteiger partial charge in [-0.1, -0.05) is 30.3 Å². The number of carbonyl (C=O) groups excluding carboxylic acids is 1. The van der Waals surface area contributed by atoms with E-state index in [1.807, 2.05) is 6.07 Å². The average Bonchev–Trinajstić information content (AvgIpc) is 3.17. The Kier molecular flexibility index (Phi) is 6.07. The molecule has 2 saturated heterocycles. The molecule has 2 aliphatic rings. The van der Waals surface area contributed by atoms with Crippen molar-refractivity contribution in [1.29, 1.82) is 0 Å². The third-order valence-corrected chi connectivity index (χ3v) is 4.63. The molecule has 2 fully saturated rings. The lowest BCUT2D eigenvalue weighted by atomic mass is 10.0. The smallest absolute Gasteiger partial charge is 0.223 e. The van der Waals surface area contributed by atoms with Crippen LogP contribution in [0.1, 0.15) is 50.1 Å². The van der Waals surface area contributed by atoms with E-state index in [0.717, 1.165) is 32.4 Å². The van der Waals surface area contributed by atoms with Crippen LogP contribution >= 0.6 is 12.4 Å². The lowest BCUT2D eigenvalue weighted by molar-refractivity contribution is -0.132. The fourth-order valence-corrected chi connectivity index (χ4v) is 3.53. The van der Waals surface area contributed by atoms with Crippen molar-refractivity contribution in [3.63, 3.8) is 0 Å². The molecule has 2 heterocycles. The second-order valence-electron chi connectivity index (χ2n) is 5.99. The molecule has 3 rings (SSSR count). The Balaban J connectivity index is 0.00000161. The number of rotatable bonds is 4. The Hall–Kier alpha value is -1.06. The number of hydrogen-bond donors (Lipinski definition) is 1. The SMILES string of the molecule is Cl.O=C(CCC1CCCN1)N1CCCC1c1ccccc1. The zero-order valence-corrected chi connectivity index (χ0v) is 13.3. The minimum absolute atomic E-state index is 0. The van der Waals surface area contributed by atoms with Crippen molar-refractivity contribution in [1.82, 2.24) is 10.2 Å². The van der Waals surface area contributed by atoms with Gasteiger partial charge in [-0.3, -0.25) is 4.79 Å². The van der Waals surface area contributed by atoms with Crippen molar-refractivity contribution in [2.24, 2.45) is 0 Å². The maximum absolute atomic E-state index is 12.5. The summed E-state index contributed by atoms with van der Waals surface area (Å²) in [5.41, 5.74) is 1.29. The molecule has 0 bridgehead atoms. The summed E-state index contributed by atoms with van der Waals surface area (Å²) < 4.78 is 0. The summed E-state index contributed by atoms with van der Waals surface area (Å²) in [7, 11) is 0. The third kappa shape index (κ3) is 3.98. The molecule has 0 radical (unpaired) electrons. The van der Waals surface area contributed by atoms with Crippen LogP contribution in [0.4, 0.5) is 0 Å². The van der Waals surface area contributed by atoms with E-state index >= 15 is 0 Å². The van der Waals surface area contributed by atoms with Gasteiger partial charge in [0, 0.05) is 19.0 Å². The number of benzene rings is 1. The Morgan fingerprint density at radius 1 is 1.19 bits per heavy atom.